The van der Waals surface area contributed by atoms with Crippen LogP contribution >= 0.6 is 0 Å². The van der Waals surface area contributed by atoms with Gasteiger partial charge in [0.25, 0.3) is 11.7 Å². The largest absolute Gasteiger partial charge is 0.507 e. The fourth-order valence-electron chi connectivity index (χ4n) is 3.90. The molecule has 156 valence electrons. The van der Waals surface area contributed by atoms with Gasteiger partial charge in [-0.1, -0.05) is 54.6 Å². The van der Waals surface area contributed by atoms with Gasteiger partial charge in [0.05, 0.1) is 11.6 Å². The van der Waals surface area contributed by atoms with Crippen LogP contribution in [0.1, 0.15) is 22.7 Å². The average Bonchev–Trinajstić information content (AvgIpc) is 3.04. The number of nitrogens with zero attached hydrogens (tertiary/aromatic N) is 2. The van der Waals surface area contributed by atoms with Crippen molar-refractivity contribution in [3.8, 4) is 0 Å². The highest BCUT2D eigenvalue weighted by Crippen LogP contribution is 2.42. The van der Waals surface area contributed by atoms with E-state index in [4.69, 9.17) is 0 Å². The summed E-state index contributed by atoms with van der Waals surface area (Å²) in [5.41, 5.74) is 3.94. The zero-order valence-corrected chi connectivity index (χ0v) is 17.7. The third-order valence-corrected chi connectivity index (χ3v) is 5.50. The van der Waals surface area contributed by atoms with Gasteiger partial charge < -0.3 is 10.0 Å². The van der Waals surface area contributed by atoms with Gasteiger partial charge in [-0.25, -0.2) is 0 Å². The molecule has 0 radical (unpaired) electrons. The Bertz CT molecular complexity index is 1160. The Kier molecular flexibility index (Phi) is 5.34. The SMILES string of the molecule is Cc1cccc(N2C(=O)C(=O)C(=C(O)c3ccccc3)[C@@H]2c2ccc(N(C)C)cc2)c1. The number of benzene rings is 3. The normalized spacial score (nSPS) is 17.8. The Balaban J connectivity index is 1.93. The molecule has 0 bridgehead atoms. The molecule has 0 aromatic heterocycles. The van der Waals surface area contributed by atoms with Crippen molar-refractivity contribution in [1.29, 1.82) is 0 Å². The van der Waals surface area contributed by atoms with Gasteiger partial charge in [0.2, 0.25) is 0 Å². The minimum atomic E-state index is -0.724. The molecule has 0 aliphatic carbocycles. The number of amides is 1. The zero-order valence-electron chi connectivity index (χ0n) is 17.7. The Morgan fingerprint density at radius 3 is 2.19 bits per heavy atom. The Hall–Kier alpha value is -3.86. The molecule has 31 heavy (non-hydrogen) atoms. The van der Waals surface area contributed by atoms with Crippen molar-refractivity contribution in [1.82, 2.24) is 0 Å². The first-order chi connectivity index (χ1) is 14.9. The topological polar surface area (TPSA) is 60.9 Å². The van der Waals surface area contributed by atoms with Crippen molar-refractivity contribution in [2.45, 2.75) is 13.0 Å². The molecule has 3 aromatic rings. The number of Topliss-reactive ketones (excluding diaryl/α,β-unsaturated/α-hetero) is 1. The maximum Gasteiger partial charge on any atom is 0.300 e. The van der Waals surface area contributed by atoms with E-state index in [0.29, 0.717) is 11.3 Å². The lowest BCUT2D eigenvalue weighted by Crippen LogP contribution is -2.29. The summed E-state index contributed by atoms with van der Waals surface area (Å²) >= 11 is 0. The number of ketones is 1. The van der Waals surface area contributed by atoms with Crippen LogP contribution in [0, 0.1) is 6.92 Å². The molecule has 4 rings (SSSR count). The highest BCUT2D eigenvalue weighted by molar-refractivity contribution is 6.51. The molecule has 0 unspecified atom stereocenters. The number of carbonyl (C=O) groups is 2. The lowest BCUT2D eigenvalue weighted by Gasteiger charge is -2.26. The molecule has 1 N–H and O–H groups in total. The van der Waals surface area contributed by atoms with Crippen LogP contribution in [0.3, 0.4) is 0 Å². The van der Waals surface area contributed by atoms with E-state index >= 15 is 0 Å². The molecule has 1 fully saturated rings. The van der Waals surface area contributed by atoms with Crippen LogP contribution in [0.25, 0.3) is 5.76 Å². The molecule has 0 saturated carbocycles. The van der Waals surface area contributed by atoms with E-state index in [-0.39, 0.29) is 11.3 Å². The quantitative estimate of drug-likeness (QED) is 0.384. The van der Waals surface area contributed by atoms with Gasteiger partial charge in [-0.05, 0) is 42.3 Å². The first-order valence-corrected chi connectivity index (χ1v) is 10.1. The van der Waals surface area contributed by atoms with Crippen molar-refractivity contribution in [2.24, 2.45) is 0 Å². The van der Waals surface area contributed by atoms with E-state index < -0.39 is 17.7 Å². The molecule has 0 spiro atoms. The highest BCUT2D eigenvalue weighted by Gasteiger charge is 2.46. The van der Waals surface area contributed by atoms with Gasteiger partial charge in [-0.15, -0.1) is 0 Å². The lowest BCUT2D eigenvalue weighted by molar-refractivity contribution is -0.132. The first kappa shape index (κ1) is 20.4. The summed E-state index contributed by atoms with van der Waals surface area (Å²) in [6, 6.07) is 23.3. The zero-order chi connectivity index (χ0) is 22.1. The Morgan fingerprint density at radius 1 is 0.903 bits per heavy atom. The predicted molar refractivity (Wildman–Crippen MR) is 123 cm³/mol. The van der Waals surface area contributed by atoms with E-state index in [1.165, 1.54) is 4.90 Å². The van der Waals surface area contributed by atoms with Crippen LogP contribution in [-0.4, -0.2) is 30.9 Å². The summed E-state index contributed by atoms with van der Waals surface area (Å²) in [6.45, 7) is 1.94. The van der Waals surface area contributed by atoms with Crippen LogP contribution in [0.2, 0.25) is 0 Å². The molecule has 3 aromatic carbocycles. The average molecular weight is 412 g/mol. The standard InChI is InChI=1S/C26H24N2O3/c1-17-8-7-11-21(16-17)28-23(18-12-14-20(15-13-18)27(2)3)22(25(30)26(28)31)24(29)19-9-5-4-6-10-19/h4-16,23,29H,1-3H3/t23-/m0/s1. The molecule has 1 atom stereocenters. The molecule has 5 heteroatoms. The third-order valence-electron chi connectivity index (χ3n) is 5.50. The molecule has 1 amide bonds. The van der Waals surface area contributed by atoms with Gasteiger partial charge in [0.1, 0.15) is 5.76 Å². The van der Waals surface area contributed by atoms with Gasteiger partial charge in [-0.2, -0.15) is 0 Å². The summed E-state index contributed by atoms with van der Waals surface area (Å²) in [7, 11) is 3.90. The molecule has 1 aliphatic heterocycles. The second-order valence-corrected chi connectivity index (χ2v) is 7.86. The van der Waals surface area contributed by atoms with Crippen LogP contribution < -0.4 is 9.80 Å². The molecular formula is C26H24N2O3. The van der Waals surface area contributed by atoms with Crippen LogP contribution in [0.15, 0.2) is 84.4 Å². The van der Waals surface area contributed by atoms with Crippen molar-refractivity contribution < 1.29 is 14.7 Å². The summed E-state index contributed by atoms with van der Waals surface area (Å²) < 4.78 is 0. The van der Waals surface area contributed by atoms with Gasteiger partial charge in [0.15, 0.2) is 0 Å². The monoisotopic (exact) mass is 412 g/mol. The third kappa shape index (κ3) is 3.70. The molecule has 1 aliphatic rings. The summed E-state index contributed by atoms with van der Waals surface area (Å²) in [6.07, 6.45) is 0. The number of anilines is 2. The smallest absolute Gasteiger partial charge is 0.300 e. The fourth-order valence-corrected chi connectivity index (χ4v) is 3.90. The maximum atomic E-state index is 13.1. The van der Waals surface area contributed by atoms with E-state index in [9.17, 15) is 14.7 Å². The highest BCUT2D eigenvalue weighted by atomic mass is 16.3. The molecule has 5 nitrogen and oxygen atoms in total. The van der Waals surface area contributed by atoms with Crippen LogP contribution in [0.5, 0.6) is 0 Å². The number of rotatable bonds is 4. The van der Waals surface area contributed by atoms with Gasteiger partial charge >= 0.3 is 0 Å². The van der Waals surface area contributed by atoms with E-state index in [1.807, 2.05) is 80.5 Å². The number of hydrogen-bond acceptors (Lipinski definition) is 4. The summed E-state index contributed by atoms with van der Waals surface area (Å²) in [5.74, 6) is -1.51. The van der Waals surface area contributed by atoms with E-state index in [1.54, 1.807) is 24.3 Å². The van der Waals surface area contributed by atoms with Crippen molar-refractivity contribution in [3.63, 3.8) is 0 Å². The Labute approximate surface area is 181 Å². The maximum absolute atomic E-state index is 13.1. The van der Waals surface area contributed by atoms with Crippen molar-refractivity contribution in [2.75, 3.05) is 23.9 Å². The van der Waals surface area contributed by atoms with E-state index in [0.717, 1.165) is 16.8 Å². The number of aliphatic hydroxyl groups is 1. The minimum absolute atomic E-state index is 0.0929. The second kappa shape index (κ2) is 8.11. The number of carbonyl (C=O) groups excluding carboxylic acids is 2. The number of aliphatic hydroxyl groups excluding tert-OH is 1. The summed E-state index contributed by atoms with van der Waals surface area (Å²) in [4.78, 5) is 29.7. The molecular weight excluding hydrogens is 388 g/mol. The number of aryl methyl sites for hydroxylation is 1. The van der Waals surface area contributed by atoms with Gasteiger partial charge in [0, 0.05) is 31.0 Å². The van der Waals surface area contributed by atoms with Crippen molar-refractivity contribution in [3.05, 3.63) is 101 Å². The fraction of sp³-hybridized carbons (Fsp3) is 0.154. The van der Waals surface area contributed by atoms with Gasteiger partial charge in [-0.3, -0.25) is 14.5 Å². The molecule has 1 saturated heterocycles. The minimum Gasteiger partial charge on any atom is -0.507 e. The first-order valence-electron chi connectivity index (χ1n) is 10.1. The van der Waals surface area contributed by atoms with Crippen LogP contribution in [0.4, 0.5) is 11.4 Å². The number of hydrogen-bond donors (Lipinski definition) is 1. The summed E-state index contributed by atoms with van der Waals surface area (Å²) in [5, 5.41) is 11.1. The predicted octanol–water partition coefficient (Wildman–Crippen LogP) is 4.69. The van der Waals surface area contributed by atoms with Crippen molar-refractivity contribution >= 4 is 28.8 Å². The van der Waals surface area contributed by atoms with E-state index in [2.05, 4.69) is 0 Å². The molecule has 1 heterocycles. The lowest BCUT2D eigenvalue weighted by atomic mass is 9.95. The second-order valence-electron chi connectivity index (χ2n) is 7.86. The Morgan fingerprint density at radius 2 is 1.58 bits per heavy atom. The van der Waals surface area contributed by atoms with Crippen LogP contribution in [-0.2, 0) is 9.59 Å².